The summed E-state index contributed by atoms with van der Waals surface area (Å²) >= 11 is 8.63. The summed E-state index contributed by atoms with van der Waals surface area (Å²) in [5, 5.41) is 4.46. The summed E-state index contributed by atoms with van der Waals surface area (Å²) in [6.07, 6.45) is 0. The number of amides is 2. The highest BCUT2D eigenvalue weighted by atomic mass is 79.9. The maximum Gasteiger partial charge on any atom is 0.276 e. The topological polar surface area (TPSA) is 97.9 Å². The van der Waals surface area contributed by atoms with Crippen molar-refractivity contribution in [2.24, 2.45) is 0 Å². The molecule has 8 nitrogen and oxygen atoms in total. The van der Waals surface area contributed by atoms with Crippen molar-refractivity contribution in [1.29, 1.82) is 0 Å². The lowest BCUT2D eigenvalue weighted by Crippen LogP contribution is -2.49. The van der Waals surface area contributed by atoms with Crippen molar-refractivity contribution < 1.29 is 23.8 Å². The number of para-hydroxylation sites is 1. The van der Waals surface area contributed by atoms with E-state index in [1.807, 2.05) is 60.7 Å². The van der Waals surface area contributed by atoms with Crippen LogP contribution in [0.15, 0.2) is 95.5 Å². The van der Waals surface area contributed by atoms with Gasteiger partial charge in [0.2, 0.25) is 0 Å². The number of benzene rings is 4. The summed E-state index contributed by atoms with van der Waals surface area (Å²) in [6.45, 7) is 0.410. The summed E-state index contributed by atoms with van der Waals surface area (Å²) in [4.78, 5) is 24.8. The van der Waals surface area contributed by atoms with E-state index < -0.39 is 11.8 Å². The zero-order valence-corrected chi connectivity index (χ0v) is 22.5. The number of carbonyl (C=O) groups excluding carboxylic acids is 2. The van der Waals surface area contributed by atoms with Crippen molar-refractivity contribution in [2.75, 3.05) is 19.8 Å². The van der Waals surface area contributed by atoms with Crippen molar-refractivity contribution in [3.05, 3.63) is 101 Å². The van der Waals surface area contributed by atoms with Crippen LogP contribution in [0.1, 0.15) is 10.4 Å². The second kappa shape index (κ2) is 13.4. The van der Waals surface area contributed by atoms with Crippen molar-refractivity contribution in [1.82, 2.24) is 16.2 Å². The van der Waals surface area contributed by atoms with Crippen LogP contribution in [-0.2, 0) is 4.79 Å². The first kappa shape index (κ1) is 26.9. The Bertz CT molecular complexity index is 1430. The van der Waals surface area contributed by atoms with Crippen LogP contribution in [0.25, 0.3) is 10.8 Å². The monoisotopic (exact) mass is 593 g/mol. The molecule has 0 heterocycles. The SMILES string of the molecule is O=C(COc1ccc2ccccc2c1Br)NNC(=S)NC(=O)c1cccc(OCCOc2ccccc2)c1. The van der Waals surface area contributed by atoms with Crippen molar-refractivity contribution in [3.63, 3.8) is 0 Å². The number of rotatable bonds is 9. The number of thiocarbonyl (C=S) groups is 1. The van der Waals surface area contributed by atoms with Crippen molar-refractivity contribution in [3.8, 4) is 17.2 Å². The fourth-order valence-electron chi connectivity index (χ4n) is 3.40. The molecule has 3 N–H and O–H groups in total. The highest BCUT2D eigenvalue weighted by Gasteiger charge is 2.11. The zero-order valence-electron chi connectivity index (χ0n) is 20.1. The molecule has 0 aliphatic rings. The van der Waals surface area contributed by atoms with Gasteiger partial charge in [0.1, 0.15) is 30.5 Å². The molecule has 194 valence electrons. The Morgan fingerprint density at radius 3 is 2.29 bits per heavy atom. The Labute approximate surface area is 233 Å². The Balaban J connectivity index is 1.19. The summed E-state index contributed by atoms with van der Waals surface area (Å²) in [5.74, 6) is 0.862. The number of hydrogen-bond acceptors (Lipinski definition) is 6. The number of hydrazine groups is 1. The molecule has 0 aromatic heterocycles. The Kier molecular flexibility index (Phi) is 9.49. The Morgan fingerprint density at radius 1 is 0.763 bits per heavy atom. The van der Waals surface area contributed by atoms with E-state index in [2.05, 4.69) is 32.1 Å². The van der Waals surface area contributed by atoms with Gasteiger partial charge in [0.25, 0.3) is 11.8 Å². The quantitative estimate of drug-likeness (QED) is 0.146. The van der Waals surface area contributed by atoms with E-state index in [0.29, 0.717) is 30.3 Å². The molecular weight excluding hydrogens is 570 g/mol. The molecule has 0 fully saturated rings. The molecule has 4 aromatic rings. The van der Waals surface area contributed by atoms with Crippen LogP contribution in [0.5, 0.6) is 17.2 Å². The lowest BCUT2D eigenvalue weighted by atomic mass is 10.1. The number of nitrogens with one attached hydrogen (secondary N) is 3. The van der Waals surface area contributed by atoms with E-state index in [4.69, 9.17) is 26.4 Å². The zero-order chi connectivity index (χ0) is 26.7. The second-order valence-electron chi connectivity index (χ2n) is 7.88. The first-order valence-electron chi connectivity index (χ1n) is 11.6. The van der Waals surface area contributed by atoms with Crippen LogP contribution in [0, 0.1) is 0 Å². The molecule has 0 spiro atoms. The van der Waals surface area contributed by atoms with Crippen molar-refractivity contribution >= 4 is 55.8 Å². The number of carbonyl (C=O) groups is 2. The molecule has 0 saturated carbocycles. The van der Waals surface area contributed by atoms with E-state index >= 15 is 0 Å². The van der Waals surface area contributed by atoms with E-state index in [9.17, 15) is 9.59 Å². The molecule has 38 heavy (non-hydrogen) atoms. The van der Waals surface area contributed by atoms with Gasteiger partial charge >= 0.3 is 0 Å². The highest BCUT2D eigenvalue weighted by molar-refractivity contribution is 9.10. The molecular formula is C28H24BrN3O5S. The summed E-state index contributed by atoms with van der Waals surface area (Å²) in [6, 6.07) is 27.6. The molecule has 0 bridgehead atoms. The normalized spacial score (nSPS) is 10.3. The minimum absolute atomic E-state index is 0.0715. The van der Waals surface area contributed by atoms with Gasteiger partial charge in [-0.05, 0) is 75.3 Å². The third kappa shape index (κ3) is 7.67. The van der Waals surface area contributed by atoms with Crippen LogP contribution in [0.4, 0.5) is 0 Å². The smallest absolute Gasteiger partial charge is 0.276 e. The molecule has 4 rings (SSSR count). The van der Waals surface area contributed by atoms with Crippen LogP contribution in [0.2, 0.25) is 0 Å². The van der Waals surface area contributed by atoms with E-state index in [1.54, 1.807) is 30.3 Å². The molecule has 2 amide bonds. The van der Waals surface area contributed by atoms with Crippen molar-refractivity contribution in [2.45, 2.75) is 0 Å². The van der Waals surface area contributed by atoms with Gasteiger partial charge in [0, 0.05) is 5.56 Å². The lowest BCUT2D eigenvalue weighted by Gasteiger charge is -2.13. The van der Waals surface area contributed by atoms with Gasteiger partial charge in [0.05, 0.1) is 4.47 Å². The predicted octanol–water partition coefficient (Wildman–Crippen LogP) is 4.77. The summed E-state index contributed by atoms with van der Waals surface area (Å²) in [5.41, 5.74) is 5.24. The molecule has 0 unspecified atom stereocenters. The maximum atomic E-state index is 12.6. The van der Waals surface area contributed by atoms with Gasteiger partial charge in [-0.25, -0.2) is 0 Å². The van der Waals surface area contributed by atoms with Crippen LogP contribution >= 0.6 is 28.1 Å². The Hall–Kier alpha value is -4.15. The number of hydrogen-bond donors (Lipinski definition) is 3. The van der Waals surface area contributed by atoms with Gasteiger partial charge in [-0.2, -0.15) is 0 Å². The molecule has 0 radical (unpaired) electrons. The van der Waals surface area contributed by atoms with Gasteiger partial charge < -0.3 is 14.2 Å². The van der Waals surface area contributed by atoms with Gasteiger partial charge in [0.15, 0.2) is 11.7 Å². The summed E-state index contributed by atoms with van der Waals surface area (Å²) < 4.78 is 17.6. The van der Waals surface area contributed by atoms with Gasteiger partial charge in [-0.1, -0.05) is 54.6 Å². The highest BCUT2D eigenvalue weighted by Crippen LogP contribution is 2.32. The van der Waals surface area contributed by atoms with Crippen LogP contribution < -0.4 is 30.4 Å². The molecule has 0 atom stereocenters. The molecule has 0 saturated heterocycles. The standard InChI is InChI=1S/C28H24BrN3O5S/c29-26-23-12-5-4-7-19(23)13-14-24(26)37-18-25(33)31-32-28(38)30-27(34)20-8-6-11-22(17-20)36-16-15-35-21-9-2-1-3-10-21/h1-14,17H,15-16,18H2,(H,31,33)(H2,30,32,34,38). The fourth-order valence-corrected chi connectivity index (χ4v) is 4.15. The molecule has 4 aromatic carbocycles. The molecule has 0 aliphatic carbocycles. The lowest BCUT2D eigenvalue weighted by molar-refractivity contribution is -0.123. The Morgan fingerprint density at radius 2 is 1.47 bits per heavy atom. The number of ether oxygens (including phenoxy) is 3. The molecule has 0 aliphatic heterocycles. The summed E-state index contributed by atoms with van der Waals surface area (Å²) in [7, 11) is 0. The molecule has 10 heteroatoms. The second-order valence-corrected chi connectivity index (χ2v) is 9.08. The van der Waals surface area contributed by atoms with E-state index in [1.165, 1.54) is 0 Å². The number of fused-ring (bicyclic) bond motifs is 1. The first-order chi connectivity index (χ1) is 18.5. The maximum absolute atomic E-state index is 12.6. The third-order valence-corrected chi connectivity index (χ3v) is 6.21. The minimum atomic E-state index is -0.477. The average Bonchev–Trinajstić information content (AvgIpc) is 2.95. The average molecular weight is 594 g/mol. The minimum Gasteiger partial charge on any atom is -0.490 e. The van der Waals surface area contributed by atoms with Crippen LogP contribution in [-0.4, -0.2) is 36.7 Å². The van der Waals surface area contributed by atoms with E-state index in [-0.39, 0.29) is 11.7 Å². The third-order valence-electron chi connectivity index (χ3n) is 5.19. The van der Waals surface area contributed by atoms with Gasteiger partial charge in [-0.15, -0.1) is 0 Å². The largest absolute Gasteiger partial charge is 0.490 e. The van der Waals surface area contributed by atoms with E-state index in [0.717, 1.165) is 21.0 Å². The van der Waals surface area contributed by atoms with Crippen LogP contribution in [0.3, 0.4) is 0 Å². The predicted molar refractivity (Wildman–Crippen MR) is 152 cm³/mol. The fraction of sp³-hybridized carbons (Fsp3) is 0.107. The number of halogens is 1. The van der Waals surface area contributed by atoms with Gasteiger partial charge in [-0.3, -0.25) is 25.8 Å². The first-order valence-corrected chi connectivity index (χ1v) is 12.8.